The molecule has 0 unspecified atom stereocenters. The van der Waals surface area contributed by atoms with Crippen LogP contribution in [-0.2, 0) is 4.79 Å². The van der Waals surface area contributed by atoms with Gasteiger partial charge in [-0.3, -0.25) is 0 Å². The maximum atomic E-state index is 10.1. The molecule has 0 aliphatic heterocycles. The molecule has 1 saturated carbocycles. The third kappa shape index (κ3) is 6.41. The van der Waals surface area contributed by atoms with Crippen LogP contribution in [0.1, 0.15) is 38.5 Å². The van der Waals surface area contributed by atoms with Crippen LogP contribution in [0.2, 0.25) is 0 Å². The van der Waals surface area contributed by atoms with Gasteiger partial charge in [0.15, 0.2) is 0 Å². The minimum absolute atomic E-state index is 0. The van der Waals surface area contributed by atoms with Gasteiger partial charge in [0.25, 0.3) is 0 Å². The van der Waals surface area contributed by atoms with Crippen molar-refractivity contribution in [1.82, 2.24) is 0 Å². The summed E-state index contributed by atoms with van der Waals surface area (Å²) in [7, 11) is 0. The molecule has 1 aliphatic rings. The van der Waals surface area contributed by atoms with Gasteiger partial charge in [0, 0.05) is 0 Å². The van der Waals surface area contributed by atoms with Crippen molar-refractivity contribution in [3.63, 3.8) is 0 Å². The average molecular weight is 202 g/mol. The molecule has 72 valence electrons. The SMILES string of the molecule is O=C([O-])/C=C/C=C1CCCCCC1.[Na+]. The molecule has 2 nitrogen and oxygen atoms in total. The fraction of sp³-hybridized carbons (Fsp3) is 0.545. The van der Waals surface area contributed by atoms with Crippen LogP contribution >= 0.6 is 0 Å². The first-order valence-electron chi connectivity index (χ1n) is 4.86. The van der Waals surface area contributed by atoms with E-state index in [0.717, 1.165) is 18.9 Å². The standard InChI is InChI=1S/C11H16O2.Na/c12-11(13)9-5-8-10-6-3-1-2-4-7-10;/h5,8-9H,1-4,6-7H2,(H,12,13);/q;+1/p-1/b9-5+;. The van der Waals surface area contributed by atoms with Gasteiger partial charge in [0.05, 0.1) is 5.97 Å². The van der Waals surface area contributed by atoms with Gasteiger partial charge in [-0.2, -0.15) is 0 Å². The number of carbonyl (C=O) groups excluding carboxylic acids is 1. The van der Waals surface area contributed by atoms with Gasteiger partial charge in [-0.1, -0.05) is 30.6 Å². The minimum Gasteiger partial charge on any atom is -0.545 e. The summed E-state index contributed by atoms with van der Waals surface area (Å²) in [6.45, 7) is 0. The molecule has 0 aromatic heterocycles. The van der Waals surface area contributed by atoms with Crippen molar-refractivity contribution in [3.8, 4) is 0 Å². The van der Waals surface area contributed by atoms with Gasteiger partial charge < -0.3 is 9.90 Å². The largest absolute Gasteiger partial charge is 1.00 e. The third-order valence-electron chi connectivity index (χ3n) is 2.31. The molecular formula is C11H15NaO2. The number of carboxylic acid groups (broad SMARTS) is 1. The van der Waals surface area contributed by atoms with E-state index in [4.69, 9.17) is 0 Å². The molecule has 0 saturated heterocycles. The second kappa shape index (κ2) is 8.27. The Morgan fingerprint density at radius 3 is 2.21 bits per heavy atom. The fourth-order valence-electron chi connectivity index (χ4n) is 1.61. The zero-order valence-electron chi connectivity index (χ0n) is 8.79. The van der Waals surface area contributed by atoms with Crippen molar-refractivity contribution < 1.29 is 39.5 Å². The van der Waals surface area contributed by atoms with Crippen LogP contribution in [0, 0.1) is 0 Å². The van der Waals surface area contributed by atoms with Gasteiger partial charge in [0.2, 0.25) is 0 Å². The maximum Gasteiger partial charge on any atom is 1.00 e. The van der Waals surface area contributed by atoms with E-state index >= 15 is 0 Å². The molecule has 0 bridgehead atoms. The Labute approximate surface area is 107 Å². The van der Waals surface area contributed by atoms with Crippen molar-refractivity contribution in [2.45, 2.75) is 38.5 Å². The fourth-order valence-corrected chi connectivity index (χ4v) is 1.61. The van der Waals surface area contributed by atoms with Gasteiger partial charge in [-0.15, -0.1) is 0 Å². The van der Waals surface area contributed by atoms with Crippen molar-refractivity contribution >= 4 is 5.97 Å². The summed E-state index contributed by atoms with van der Waals surface area (Å²) in [4.78, 5) is 10.1. The van der Waals surface area contributed by atoms with Gasteiger partial charge in [-0.25, -0.2) is 0 Å². The first kappa shape index (κ1) is 13.9. The summed E-state index contributed by atoms with van der Waals surface area (Å²) >= 11 is 0. The minimum atomic E-state index is -1.12. The van der Waals surface area contributed by atoms with Crippen molar-refractivity contribution in [2.75, 3.05) is 0 Å². The van der Waals surface area contributed by atoms with Crippen molar-refractivity contribution in [2.24, 2.45) is 0 Å². The Morgan fingerprint density at radius 1 is 1.14 bits per heavy atom. The van der Waals surface area contributed by atoms with E-state index in [2.05, 4.69) is 0 Å². The maximum absolute atomic E-state index is 10.1. The molecular weight excluding hydrogens is 187 g/mol. The van der Waals surface area contributed by atoms with Crippen LogP contribution in [0.3, 0.4) is 0 Å². The number of hydrogen-bond donors (Lipinski definition) is 0. The molecule has 3 heteroatoms. The Balaban J connectivity index is 0.00000169. The number of allylic oxidation sites excluding steroid dienone is 3. The molecule has 0 atom stereocenters. The predicted molar refractivity (Wildman–Crippen MR) is 49.9 cm³/mol. The Morgan fingerprint density at radius 2 is 1.71 bits per heavy atom. The molecule has 0 radical (unpaired) electrons. The van der Waals surface area contributed by atoms with Crippen LogP contribution in [-0.4, -0.2) is 5.97 Å². The average Bonchev–Trinajstić information content (AvgIpc) is 2.32. The number of rotatable bonds is 2. The normalized spacial score (nSPS) is 17.3. The predicted octanol–water partition coefficient (Wildman–Crippen LogP) is -1.42. The molecule has 0 aromatic carbocycles. The third-order valence-corrected chi connectivity index (χ3v) is 2.31. The van der Waals surface area contributed by atoms with Gasteiger partial charge in [-0.05, 0) is 31.8 Å². The molecule has 0 spiro atoms. The summed E-state index contributed by atoms with van der Waals surface area (Å²) < 4.78 is 0. The van der Waals surface area contributed by atoms with Crippen molar-refractivity contribution in [3.05, 3.63) is 23.8 Å². The summed E-state index contributed by atoms with van der Waals surface area (Å²) in [6.07, 6.45) is 11.9. The van der Waals surface area contributed by atoms with Crippen LogP contribution in [0.25, 0.3) is 0 Å². The second-order valence-corrected chi connectivity index (χ2v) is 3.42. The topological polar surface area (TPSA) is 40.1 Å². The molecule has 0 aromatic rings. The molecule has 1 rings (SSSR count). The number of hydrogen-bond acceptors (Lipinski definition) is 2. The molecule has 0 heterocycles. The van der Waals surface area contributed by atoms with E-state index in [0.29, 0.717) is 0 Å². The smallest absolute Gasteiger partial charge is 0.545 e. The Kier molecular flexibility index (Phi) is 8.24. The molecule has 1 fully saturated rings. The zero-order valence-corrected chi connectivity index (χ0v) is 10.8. The summed E-state index contributed by atoms with van der Waals surface area (Å²) in [5.41, 5.74) is 1.37. The van der Waals surface area contributed by atoms with Gasteiger partial charge >= 0.3 is 29.6 Å². The first-order valence-corrected chi connectivity index (χ1v) is 4.86. The zero-order chi connectivity index (χ0) is 9.52. The van der Waals surface area contributed by atoms with E-state index in [1.807, 2.05) is 6.08 Å². The summed E-state index contributed by atoms with van der Waals surface area (Å²) in [6, 6.07) is 0. The van der Waals surface area contributed by atoms with E-state index in [9.17, 15) is 9.90 Å². The molecule has 0 amide bonds. The summed E-state index contributed by atoms with van der Waals surface area (Å²) in [5, 5.41) is 10.1. The number of carboxylic acids is 1. The van der Waals surface area contributed by atoms with E-state index in [1.165, 1.54) is 31.3 Å². The number of aliphatic carboxylic acids is 1. The van der Waals surface area contributed by atoms with E-state index in [1.54, 1.807) is 6.08 Å². The second-order valence-electron chi connectivity index (χ2n) is 3.42. The Hall–Kier alpha value is -0.0500. The van der Waals surface area contributed by atoms with Crippen molar-refractivity contribution in [1.29, 1.82) is 0 Å². The Bertz CT molecular complexity index is 221. The monoisotopic (exact) mass is 202 g/mol. The first-order chi connectivity index (χ1) is 6.29. The van der Waals surface area contributed by atoms with Crippen LogP contribution < -0.4 is 34.7 Å². The van der Waals surface area contributed by atoms with Gasteiger partial charge in [0.1, 0.15) is 0 Å². The van der Waals surface area contributed by atoms with E-state index < -0.39 is 5.97 Å². The number of carbonyl (C=O) groups is 1. The van der Waals surface area contributed by atoms with Crippen LogP contribution in [0.5, 0.6) is 0 Å². The van der Waals surface area contributed by atoms with Crippen LogP contribution in [0.4, 0.5) is 0 Å². The molecule has 0 N–H and O–H groups in total. The quantitative estimate of drug-likeness (QED) is 0.313. The molecule has 1 aliphatic carbocycles. The summed E-state index contributed by atoms with van der Waals surface area (Å²) in [5.74, 6) is -1.12. The van der Waals surface area contributed by atoms with Crippen LogP contribution in [0.15, 0.2) is 23.8 Å². The molecule has 14 heavy (non-hydrogen) atoms. The van der Waals surface area contributed by atoms with E-state index in [-0.39, 0.29) is 29.6 Å².